The molecule has 34 nitrogen and oxygen atoms in total. The topological polar surface area (TPSA) is 427 Å². The summed E-state index contributed by atoms with van der Waals surface area (Å²) in [4.78, 5) is 213. The van der Waals surface area contributed by atoms with Gasteiger partial charge in [0.15, 0.2) is 5.82 Å². The smallest absolute Gasteiger partial charge is 0.246 e. The number of piperazine rings is 1. The van der Waals surface area contributed by atoms with Crippen molar-refractivity contribution in [2.24, 2.45) is 41.4 Å². The van der Waals surface area contributed by atoms with E-state index in [9.17, 15) is 77.3 Å². The molecule has 3 aromatic rings. The average molecular weight is 1780 g/mol. The van der Waals surface area contributed by atoms with E-state index in [1.807, 2.05) is 74.1 Å². The maximum absolute atomic E-state index is 16.6. The molecule has 1 fully saturated rings. The zero-order valence-corrected chi connectivity index (χ0v) is 78.1. The standard InChI is InChI=1S/C88H139ClF2N18O16/c1-25-60(98-69(114)46-66(111)54(15)29-27-32-67(112)93-35-36-94-68(113)33-34-95-88-100-76-57(78(101-88)109-39-37-108(38-40-109)70(115)26-2)45-58(89)72(74(76)91)73-59(90)30-28-31-65(73)110)84(122)102(19)47-71(116)103(20)61(41-48(3)4)81(119)99-75(52(11)12)87(125)104(21)62(42-49(5)6)80(118)96-55(16)79(117)97-56(17)83(121)105(22)63(43-50(7)8)85(123)106(23)64(44-51(9)10)86(124)107(24)77(53(13)14)82(120)92-18/h26,28,30-31,45,48-56,60-64,66,75,77,110-111H,2,25,27,29,32-44,46-47H2,1,3-24H3,(H,92,120)(H,93,112)(H,94,113)(H,96,118)(H,97,117)(H,98,114)(H,99,119)(H,95,100,101)/t54-,55+,56-,60+,61+,62+,63+,64+,66+,75?,77?/m1/s1. The third-order valence-electron chi connectivity index (χ3n) is 22.4. The van der Waals surface area contributed by atoms with E-state index in [0.717, 1.165) is 11.0 Å². The van der Waals surface area contributed by atoms with Gasteiger partial charge in [0.05, 0.1) is 29.7 Å². The number of rotatable bonds is 48. The Kier molecular flexibility index (Phi) is 42.8. The molecule has 1 aliphatic heterocycles. The number of carbonyl (C=O) groups excluding carboxylic acids is 14. The van der Waals surface area contributed by atoms with Gasteiger partial charge in [-0.3, -0.25) is 67.1 Å². The number of phenolic OH excluding ortho intramolecular Hbond substituents is 1. The molecule has 1 aliphatic rings. The molecule has 698 valence electrons. The van der Waals surface area contributed by atoms with Crippen molar-refractivity contribution in [1.29, 1.82) is 0 Å². The third kappa shape index (κ3) is 30.7. The van der Waals surface area contributed by atoms with E-state index in [4.69, 9.17) is 11.6 Å². The van der Waals surface area contributed by atoms with Crippen molar-refractivity contribution in [2.45, 2.75) is 235 Å². The van der Waals surface area contributed by atoms with E-state index >= 15 is 8.78 Å². The van der Waals surface area contributed by atoms with Crippen molar-refractivity contribution in [2.75, 3.05) is 112 Å². The third-order valence-corrected chi connectivity index (χ3v) is 22.7. The summed E-state index contributed by atoms with van der Waals surface area (Å²) >= 11 is 6.59. The molecule has 0 saturated carbocycles. The molecule has 14 amide bonds. The first-order valence-electron chi connectivity index (χ1n) is 43.2. The van der Waals surface area contributed by atoms with Crippen LogP contribution in [0.2, 0.25) is 5.02 Å². The molecule has 2 heterocycles. The molecule has 10 N–H and O–H groups in total. The summed E-state index contributed by atoms with van der Waals surface area (Å²) < 4.78 is 31.7. The van der Waals surface area contributed by atoms with Crippen LogP contribution in [0.5, 0.6) is 5.75 Å². The lowest BCUT2D eigenvalue weighted by molar-refractivity contribution is -0.153. The quantitative estimate of drug-likeness (QED) is 0.0243. The van der Waals surface area contributed by atoms with Gasteiger partial charge < -0.3 is 91.9 Å². The van der Waals surface area contributed by atoms with Gasteiger partial charge in [0, 0.05) is 119 Å². The summed E-state index contributed by atoms with van der Waals surface area (Å²) in [6, 6.07) is -5.19. The molecule has 1 saturated heterocycles. The zero-order valence-electron chi connectivity index (χ0n) is 77.4. The minimum atomic E-state index is -1.26. The van der Waals surface area contributed by atoms with Gasteiger partial charge in [-0.15, -0.1) is 0 Å². The molecular formula is C88H139ClF2N18O16. The van der Waals surface area contributed by atoms with Crippen molar-refractivity contribution in [3.63, 3.8) is 0 Å². The Bertz CT molecular complexity index is 4240. The van der Waals surface area contributed by atoms with Crippen molar-refractivity contribution < 1.29 is 86.1 Å². The summed E-state index contributed by atoms with van der Waals surface area (Å²) in [6.07, 6.45) is 1.08. The number of carbonyl (C=O) groups is 14. The highest BCUT2D eigenvalue weighted by Crippen LogP contribution is 2.43. The second kappa shape index (κ2) is 50.1. The number of aromatic nitrogens is 2. The van der Waals surface area contributed by atoms with Crippen molar-refractivity contribution in [3.05, 3.63) is 53.6 Å². The maximum atomic E-state index is 16.6. The normalized spacial score (nSPS) is 14.9. The molecule has 37 heteroatoms. The molecule has 2 aromatic carbocycles. The first-order valence-corrected chi connectivity index (χ1v) is 43.6. The monoisotopic (exact) mass is 1780 g/mol. The molecule has 0 radical (unpaired) electrons. The summed E-state index contributed by atoms with van der Waals surface area (Å²) in [7, 11) is 10.1. The number of halogens is 3. The van der Waals surface area contributed by atoms with Gasteiger partial charge in [0.1, 0.15) is 77.3 Å². The SMILES string of the molecule is C=CC(=O)N1CCN(c2nc(NCCC(=O)NCCNC(=O)CCC[C@@H](C)[C@@H](O)CC(=O)N[C@@H](CC)C(=O)N(C)CC(=O)N(C)[C@@H](CC(C)C)C(=O)NC(C(=O)N(C)[C@@H](CC(C)C)C(=O)N[C@@H](C)C(=O)N[C@H](C)C(=O)N(C)[C@@H](CC(C)C)C(=O)N(C)[C@@H](CC(C)C)C(=O)N(C)C(C(=O)NC)C(C)C)C(C)C)nc3c(F)c(-c4c(O)cccc4F)c(Cl)cc23)CC1. The van der Waals surface area contributed by atoms with E-state index in [0.29, 0.717) is 39.0 Å². The zero-order chi connectivity index (χ0) is 94.6. The van der Waals surface area contributed by atoms with E-state index in [1.165, 1.54) is 112 Å². The molecule has 1 aromatic heterocycles. The van der Waals surface area contributed by atoms with Crippen LogP contribution in [0.1, 0.15) is 175 Å². The molecule has 4 rings (SSSR count). The number of nitrogens with zero attached hydrogens (tertiary/aromatic N) is 10. The summed E-state index contributed by atoms with van der Waals surface area (Å²) in [5, 5.41) is 43.5. The van der Waals surface area contributed by atoms with Gasteiger partial charge >= 0.3 is 0 Å². The van der Waals surface area contributed by atoms with Crippen molar-refractivity contribution in [3.8, 4) is 16.9 Å². The number of amides is 14. The highest BCUT2D eigenvalue weighted by atomic mass is 35.5. The number of benzene rings is 2. The predicted octanol–water partition coefficient (Wildman–Crippen LogP) is 5.59. The van der Waals surface area contributed by atoms with Gasteiger partial charge in [-0.1, -0.05) is 121 Å². The lowest BCUT2D eigenvalue weighted by Crippen LogP contribution is -2.61. The van der Waals surface area contributed by atoms with E-state index in [1.54, 1.807) is 32.6 Å². The molecular weight excluding hydrogens is 1640 g/mol. The van der Waals surface area contributed by atoms with Gasteiger partial charge in [0.25, 0.3) is 0 Å². The number of hydrogen-bond acceptors (Lipinski definition) is 20. The molecule has 0 spiro atoms. The largest absolute Gasteiger partial charge is 0.507 e. The first-order chi connectivity index (χ1) is 58.5. The van der Waals surface area contributed by atoms with Gasteiger partial charge in [-0.05, 0) is 124 Å². The Hall–Kier alpha value is -10.4. The van der Waals surface area contributed by atoms with Crippen molar-refractivity contribution >= 4 is 117 Å². The maximum Gasteiger partial charge on any atom is 0.246 e. The Balaban J connectivity index is 1.29. The first kappa shape index (κ1) is 107. The number of nitrogens with one attached hydrogen (secondary N) is 8. The van der Waals surface area contributed by atoms with Crippen LogP contribution in [-0.4, -0.2) is 299 Å². The molecule has 0 aliphatic carbocycles. The number of hydrogen-bond donors (Lipinski definition) is 10. The fraction of sp³-hybridized carbons (Fsp3) is 0.659. The number of fused-ring (bicyclic) bond motifs is 1. The lowest BCUT2D eigenvalue weighted by Gasteiger charge is -2.39. The minimum absolute atomic E-state index is 0.0225. The number of aliphatic hydroxyl groups is 1. The van der Waals surface area contributed by atoms with Crippen LogP contribution < -0.4 is 47.4 Å². The molecule has 2 unspecified atom stereocenters. The van der Waals surface area contributed by atoms with Crippen LogP contribution in [-0.2, 0) is 67.1 Å². The predicted molar refractivity (Wildman–Crippen MR) is 475 cm³/mol. The van der Waals surface area contributed by atoms with E-state index in [2.05, 4.69) is 59.1 Å². The van der Waals surface area contributed by atoms with Gasteiger partial charge in [-0.25, -0.2) is 13.8 Å². The Morgan fingerprint density at radius 3 is 1.61 bits per heavy atom. The lowest BCUT2D eigenvalue weighted by atomic mass is 9.95. The second-order valence-electron chi connectivity index (χ2n) is 35.1. The summed E-state index contributed by atoms with van der Waals surface area (Å²) in [5.41, 5.74) is -1.12. The van der Waals surface area contributed by atoms with Crippen LogP contribution in [0.4, 0.5) is 20.5 Å². The number of aromatic hydroxyl groups is 1. The van der Waals surface area contributed by atoms with Crippen LogP contribution in [0.3, 0.4) is 0 Å². The summed E-state index contributed by atoms with van der Waals surface area (Å²) in [6.45, 7) is 32.5. The van der Waals surface area contributed by atoms with Crippen LogP contribution in [0.25, 0.3) is 22.0 Å². The molecule has 125 heavy (non-hydrogen) atoms. The number of likely N-dealkylation sites (N-methyl/N-ethyl adjacent to an activating group) is 7. The minimum Gasteiger partial charge on any atom is -0.507 e. The fourth-order valence-electron chi connectivity index (χ4n) is 14.9. The Labute approximate surface area is 740 Å². The van der Waals surface area contributed by atoms with Crippen LogP contribution >= 0.6 is 11.6 Å². The number of phenols is 1. The van der Waals surface area contributed by atoms with Gasteiger partial charge in [-0.2, -0.15) is 4.98 Å². The average Bonchev–Trinajstić information content (AvgIpc) is 0.746. The highest BCUT2D eigenvalue weighted by Gasteiger charge is 2.43. The Morgan fingerprint density at radius 2 is 1.09 bits per heavy atom. The highest BCUT2D eigenvalue weighted by molar-refractivity contribution is 6.34. The second-order valence-corrected chi connectivity index (χ2v) is 35.5. The fourth-order valence-corrected chi connectivity index (χ4v) is 15.2. The van der Waals surface area contributed by atoms with Crippen LogP contribution in [0, 0.1) is 53.1 Å². The van der Waals surface area contributed by atoms with Gasteiger partial charge in [0.2, 0.25) is 88.6 Å². The molecule has 0 bridgehead atoms. The van der Waals surface area contributed by atoms with Crippen LogP contribution in [0.15, 0.2) is 36.9 Å². The molecule has 11 atom stereocenters. The van der Waals surface area contributed by atoms with Crippen molar-refractivity contribution in [1.82, 2.24) is 81.5 Å². The van der Waals surface area contributed by atoms with E-state index < -0.39 is 172 Å². The van der Waals surface area contributed by atoms with E-state index in [-0.39, 0.29) is 146 Å². The Morgan fingerprint density at radius 1 is 0.576 bits per heavy atom. The number of anilines is 2. The summed E-state index contributed by atoms with van der Waals surface area (Å²) in [5.74, 6) is -11.8. The number of aliphatic hydroxyl groups excluding tert-OH is 1.